The number of ether oxygens (including phenoxy) is 1. The van der Waals surface area contributed by atoms with Crippen molar-refractivity contribution < 1.29 is 4.74 Å². The highest BCUT2D eigenvalue weighted by Gasteiger charge is 2.18. The van der Waals surface area contributed by atoms with Gasteiger partial charge in [0.1, 0.15) is 0 Å². The zero-order valence-electron chi connectivity index (χ0n) is 11.5. The Morgan fingerprint density at radius 1 is 1.35 bits per heavy atom. The van der Waals surface area contributed by atoms with E-state index < -0.39 is 0 Å². The lowest BCUT2D eigenvalue weighted by atomic mass is 10.2. The fraction of sp³-hybridized carbons (Fsp3) is 0.429. The van der Waals surface area contributed by atoms with Crippen LogP contribution in [0.4, 0.5) is 11.6 Å². The number of morpholine rings is 1. The lowest BCUT2D eigenvalue weighted by Crippen LogP contribution is -2.43. The predicted octanol–water partition coefficient (Wildman–Crippen LogP) is 0.954. The molecule has 20 heavy (non-hydrogen) atoms. The molecule has 1 atom stereocenters. The first-order valence-electron chi connectivity index (χ1n) is 6.78. The second-order valence-electron chi connectivity index (χ2n) is 5.08. The molecule has 1 fully saturated rings. The van der Waals surface area contributed by atoms with E-state index in [2.05, 4.69) is 27.2 Å². The first-order valence-corrected chi connectivity index (χ1v) is 6.78. The fourth-order valence-electron chi connectivity index (χ4n) is 2.34. The number of benzene rings is 1. The molecular formula is C14H19N5O. The van der Waals surface area contributed by atoms with Crippen LogP contribution in [0, 0.1) is 0 Å². The number of nitrogens with zero attached hydrogens (tertiary/aromatic N) is 3. The first-order chi connectivity index (χ1) is 9.72. The van der Waals surface area contributed by atoms with E-state index in [-0.39, 0.29) is 6.10 Å². The Morgan fingerprint density at radius 2 is 2.10 bits per heavy atom. The van der Waals surface area contributed by atoms with Crippen molar-refractivity contribution in [2.24, 2.45) is 0 Å². The summed E-state index contributed by atoms with van der Waals surface area (Å²) in [6.45, 7) is 3.34. The van der Waals surface area contributed by atoms with Gasteiger partial charge in [0.05, 0.1) is 23.7 Å². The molecule has 0 radical (unpaired) electrons. The summed E-state index contributed by atoms with van der Waals surface area (Å²) in [4.78, 5) is 11.1. The largest absolute Gasteiger partial charge is 0.381 e. The molecule has 1 unspecified atom stereocenters. The van der Waals surface area contributed by atoms with E-state index >= 15 is 0 Å². The summed E-state index contributed by atoms with van der Waals surface area (Å²) < 4.78 is 5.70. The van der Waals surface area contributed by atoms with Crippen molar-refractivity contribution in [2.75, 3.05) is 44.3 Å². The number of anilines is 2. The van der Waals surface area contributed by atoms with Crippen LogP contribution < -0.4 is 11.1 Å². The van der Waals surface area contributed by atoms with Crippen LogP contribution in [0.3, 0.4) is 0 Å². The summed E-state index contributed by atoms with van der Waals surface area (Å²) >= 11 is 0. The minimum absolute atomic E-state index is 0.154. The lowest BCUT2D eigenvalue weighted by Gasteiger charge is -2.30. The molecule has 1 aliphatic rings. The van der Waals surface area contributed by atoms with Crippen LogP contribution in [0.15, 0.2) is 24.3 Å². The van der Waals surface area contributed by atoms with Gasteiger partial charge in [-0.25, -0.2) is 9.97 Å². The molecule has 0 aliphatic carbocycles. The van der Waals surface area contributed by atoms with Crippen LogP contribution in [0.5, 0.6) is 0 Å². The normalized spacial score (nSPS) is 20.1. The summed E-state index contributed by atoms with van der Waals surface area (Å²) in [5.74, 6) is 1.05. The lowest BCUT2D eigenvalue weighted by molar-refractivity contribution is -0.0117. The summed E-state index contributed by atoms with van der Waals surface area (Å²) in [6, 6.07) is 7.70. The number of nitrogen functional groups attached to an aromatic ring is 1. The van der Waals surface area contributed by atoms with Gasteiger partial charge in [0.25, 0.3) is 0 Å². The molecule has 106 valence electrons. The summed E-state index contributed by atoms with van der Waals surface area (Å²) in [5.41, 5.74) is 7.59. The number of aromatic nitrogens is 2. The number of para-hydroxylation sites is 2. The van der Waals surface area contributed by atoms with Gasteiger partial charge in [-0.15, -0.1) is 0 Å². The van der Waals surface area contributed by atoms with E-state index in [4.69, 9.17) is 10.5 Å². The molecule has 1 aliphatic heterocycles. The molecule has 0 saturated carbocycles. The molecule has 3 rings (SSSR count). The van der Waals surface area contributed by atoms with Crippen molar-refractivity contribution in [3.05, 3.63) is 24.3 Å². The van der Waals surface area contributed by atoms with Crippen LogP contribution in [0.25, 0.3) is 11.0 Å². The Morgan fingerprint density at radius 3 is 2.85 bits per heavy atom. The van der Waals surface area contributed by atoms with E-state index in [9.17, 15) is 0 Å². The third-order valence-electron chi connectivity index (χ3n) is 3.44. The van der Waals surface area contributed by atoms with E-state index in [0.29, 0.717) is 18.2 Å². The van der Waals surface area contributed by atoms with Gasteiger partial charge in [-0.1, -0.05) is 12.1 Å². The van der Waals surface area contributed by atoms with Crippen LogP contribution in [-0.4, -0.2) is 54.3 Å². The van der Waals surface area contributed by atoms with E-state index in [1.54, 1.807) is 0 Å². The number of hydrogen-bond acceptors (Lipinski definition) is 6. The van der Waals surface area contributed by atoms with Crippen molar-refractivity contribution in [1.82, 2.24) is 14.9 Å². The molecule has 2 aromatic rings. The van der Waals surface area contributed by atoms with E-state index in [1.807, 2.05) is 24.3 Å². The topological polar surface area (TPSA) is 76.3 Å². The van der Waals surface area contributed by atoms with Crippen molar-refractivity contribution in [1.29, 1.82) is 0 Å². The highest BCUT2D eigenvalue weighted by atomic mass is 16.5. The van der Waals surface area contributed by atoms with Crippen LogP contribution in [-0.2, 0) is 4.74 Å². The smallest absolute Gasteiger partial charge is 0.169 e. The van der Waals surface area contributed by atoms with Crippen molar-refractivity contribution >= 4 is 22.7 Å². The maximum absolute atomic E-state index is 5.94. The number of fused-ring (bicyclic) bond motifs is 1. The first kappa shape index (κ1) is 13.1. The van der Waals surface area contributed by atoms with Gasteiger partial charge in [-0.2, -0.15) is 0 Å². The Bertz CT molecular complexity index is 603. The molecule has 1 aromatic carbocycles. The fourth-order valence-corrected chi connectivity index (χ4v) is 2.34. The van der Waals surface area contributed by atoms with Gasteiger partial charge in [0.2, 0.25) is 0 Å². The second kappa shape index (κ2) is 5.60. The highest BCUT2D eigenvalue weighted by molar-refractivity contribution is 5.79. The minimum Gasteiger partial charge on any atom is -0.381 e. The Kier molecular flexibility index (Phi) is 3.66. The molecule has 0 spiro atoms. The summed E-state index contributed by atoms with van der Waals surface area (Å²) in [7, 11) is 2.10. The van der Waals surface area contributed by atoms with Gasteiger partial charge >= 0.3 is 0 Å². The maximum Gasteiger partial charge on any atom is 0.169 e. The van der Waals surface area contributed by atoms with Gasteiger partial charge < -0.3 is 20.7 Å². The molecule has 6 heteroatoms. The zero-order valence-corrected chi connectivity index (χ0v) is 11.5. The monoisotopic (exact) mass is 273 g/mol. The standard InChI is InChI=1S/C14H19N5O/c1-19-6-7-20-10(9-19)8-16-14-13(15)17-11-4-2-3-5-12(11)18-14/h2-5,10H,6-9H2,1H3,(H2,15,17)(H,16,18). The van der Waals surface area contributed by atoms with Crippen molar-refractivity contribution in [2.45, 2.75) is 6.10 Å². The average molecular weight is 273 g/mol. The number of rotatable bonds is 3. The maximum atomic E-state index is 5.94. The van der Waals surface area contributed by atoms with Gasteiger partial charge in [0.15, 0.2) is 11.6 Å². The van der Waals surface area contributed by atoms with Crippen LogP contribution in [0.2, 0.25) is 0 Å². The van der Waals surface area contributed by atoms with E-state index in [1.165, 1.54) is 0 Å². The molecule has 1 aromatic heterocycles. The molecule has 2 heterocycles. The molecular weight excluding hydrogens is 254 g/mol. The van der Waals surface area contributed by atoms with Crippen LogP contribution >= 0.6 is 0 Å². The SMILES string of the molecule is CN1CCOC(CNc2nc3ccccc3nc2N)C1. The van der Waals surface area contributed by atoms with Gasteiger partial charge in [0, 0.05) is 19.6 Å². The van der Waals surface area contributed by atoms with Crippen molar-refractivity contribution in [3.63, 3.8) is 0 Å². The zero-order chi connectivity index (χ0) is 13.9. The molecule has 0 amide bonds. The number of nitrogens with one attached hydrogen (secondary N) is 1. The Hall–Kier alpha value is -1.92. The summed E-state index contributed by atoms with van der Waals surface area (Å²) in [6.07, 6.45) is 0.154. The number of nitrogens with two attached hydrogens (primary N) is 1. The van der Waals surface area contributed by atoms with E-state index in [0.717, 1.165) is 30.7 Å². The molecule has 1 saturated heterocycles. The highest BCUT2D eigenvalue weighted by Crippen LogP contribution is 2.18. The third kappa shape index (κ3) is 2.81. The number of hydrogen-bond donors (Lipinski definition) is 2. The molecule has 0 bridgehead atoms. The Balaban J connectivity index is 1.72. The number of likely N-dealkylation sites (N-methyl/N-ethyl adjacent to an activating group) is 1. The second-order valence-corrected chi connectivity index (χ2v) is 5.08. The van der Waals surface area contributed by atoms with Crippen LogP contribution in [0.1, 0.15) is 0 Å². The molecule has 6 nitrogen and oxygen atoms in total. The van der Waals surface area contributed by atoms with Crippen molar-refractivity contribution in [3.8, 4) is 0 Å². The average Bonchev–Trinajstić information content (AvgIpc) is 2.45. The van der Waals surface area contributed by atoms with Gasteiger partial charge in [-0.05, 0) is 19.2 Å². The Labute approximate surface area is 117 Å². The quantitative estimate of drug-likeness (QED) is 0.867. The van der Waals surface area contributed by atoms with Gasteiger partial charge in [-0.3, -0.25) is 0 Å². The minimum atomic E-state index is 0.154. The third-order valence-corrected chi connectivity index (χ3v) is 3.44. The molecule has 3 N–H and O–H groups in total. The predicted molar refractivity (Wildman–Crippen MR) is 79.7 cm³/mol. The summed E-state index contributed by atoms with van der Waals surface area (Å²) in [5, 5.41) is 3.25.